The van der Waals surface area contributed by atoms with E-state index in [-0.39, 0.29) is 93.7 Å². The largest absolute Gasteiger partial charge is 0.508 e. The Labute approximate surface area is 619 Å². The van der Waals surface area contributed by atoms with Gasteiger partial charge in [0.1, 0.15) is 66.2 Å². The highest BCUT2D eigenvalue weighted by Crippen LogP contribution is 2.30. The van der Waals surface area contributed by atoms with Gasteiger partial charge in [-0.3, -0.25) is 72.1 Å². The van der Waals surface area contributed by atoms with Gasteiger partial charge in [-0.15, -0.1) is 0 Å². The van der Waals surface area contributed by atoms with Crippen LogP contribution in [-0.2, 0) is 86.4 Å². The number of aromatic amines is 1. The number of hydrogen-bond donors (Lipinski definition) is 18. The molecule has 106 heavy (non-hydrogen) atoms. The SMILES string of the molecule is Cc1ccc(C[C@@H]2NC(=O)[C@H](C3CCCC3)NC(=O)[C@@H](NC(=O)[C@H](Cc3ccc(O)cc3)NC(=O)[C@@H]3CCCN3C(=O)CCN)CSSC[C@H](C(N)=O)NC(=O)[C@H](CCC(=O)O)NC(=O)[C@H](Cc3c[nH]c4ccccc34)NC(=O)[C@H](CCC(N)=O)NC(=O)CCNC(=O)[C@H](CCCN=C(N)N)NC2=O)cc1. The molecular formula is C70H96N18O16S2. The first kappa shape index (κ1) is 82.8. The van der Waals surface area contributed by atoms with Crippen LogP contribution in [0.15, 0.2) is 84.0 Å². The molecule has 3 heterocycles. The molecule has 3 aliphatic rings. The Balaban J connectivity index is 1.28. The number of hydrogen-bond acceptors (Lipinski definition) is 19. The normalized spacial score (nSPS) is 22.8. The summed E-state index contributed by atoms with van der Waals surface area (Å²) < 4.78 is 0. The van der Waals surface area contributed by atoms with Gasteiger partial charge in [0.15, 0.2) is 5.96 Å². The van der Waals surface area contributed by atoms with Crippen molar-refractivity contribution in [2.75, 3.05) is 37.7 Å². The lowest BCUT2D eigenvalue weighted by atomic mass is 9.95. The van der Waals surface area contributed by atoms with Crippen LogP contribution in [0.1, 0.15) is 112 Å². The van der Waals surface area contributed by atoms with Gasteiger partial charge in [-0.1, -0.05) is 94.6 Å². The van der Waals surface area contributed by atoms with Crippen LogP contribution < -0.4 is 81.8 Å². The zero-order valence-electron chi connectivity index (χ0n) is 58.8. The number of phenolic OH excluding ortho intramolecular Hbond substituents is 1. The van der Waals surface area contributed by atoms with Gasteiger partial charge in [0.05, 0.1) is 0 Å². The van der Waals surface area contributed by atoms with E-state index in [1.54, 1.807) is 54.7 Å². The number of H-pyrrole nitrogens is 1. The number of para-hydroxylation sites is 1. The summed E-state index contributed by atoms with van der Waals surface area (Å²) in [6.45, 7) is 1.71. The van der Waals surface area contributed by atoms with Crippen LogP contribution in [0.25, 0.3) is 10.9 Å². The van der Waals surface area contributed by atoms with Gasteiger partial charge in [-0.05, 0) is 99.1 Å². The van der Waals surface area contributed by atoms with Crippen LogP contribution in [0.2, 0.25) is 0 Å². The number of aryl methyl sites for hydroxylation is 1. The molecule has 3 aromatic carbocycles. The summed E-state index contributed by atoms with van der Waals surface area (Å²) >= 11 is 0. The highest BCUT2D eigenvalue weighted by molar-refractivity contribution is 8.76. The van der Waals surface area contributed by atoms with Crippen molar-refractivity contribution >= 4 is 121 Å². The lowest BCUT2D eigenvalue weighted by molar-refractivity contribution is -0.139. The molecule has 1 saturated carbocycles. The fourth-order valence-electron chi connectivity index (χ4n) is 12.6. The van der Waals surface area contributed by atoms with E-state index in [4.69, 9.17) is 28.7 Å². The van der Waals surface area contributed by atoms with Crippen LogP contribution in [0, 0.1) is 12.8 Å². The topological polar surface area (TPSA) is 561 Å². The molecule has 23 N–H and O–H groups in total. The minimum atomic E-state index is -1.73. The van der Waals surface area contributed by atoms with Crippen molar-refractivity contribution < 1.29 is 77.3 Å². The van der Waals surface area contributed by atoms with Crippen molar-refractivity contribution in [3.63, 3.8) is 0 Å². The molecule has 3 fully saturated rings. The summed E-state index contributed by atoms with van der Waals surface area (Å²) in [6, 6.07) is 4.98. The van der Waals surface area contributed by atoms with Gasteiger partial charge in [0.2, 0.25) is 76.8 Å². The molecular weight excluding hydrogens is 1410 g/mol. The number of rotatable bonds is 24. The number of aliphatic imine (C=N–C) groups is 1. The van der Waals surface area contributed by atoms with Gasteiger partial charge >= 0.3 is 5.97 Å². The Morgan fingerprint density at radius 3 is 1.93 bits per heavy atom. The standard InChI is InChI=1S/C70H96N18O16S2/c1-38-14-16-39(17-15-38)32-50-64(99)80-46(12-6-29-77-70(74)75)61(96)76-30-27-56(91)79-47(22-24-55(72)90)62(97)82-51(34-42-35-78-45-11-5-4-10-44(42)45)66(101)81-48(23-25-58(93)94)63(98)85-52(60(73)95)36-105-106-37-53(67(102)87-59(69(104)84-50)41-8-2-3-9-41)86-65(100)49(33-40-18-20-43(89)21-19-40)83-68(103)54-13-7-31-88(54)57(92)26-28-71/h4-5,10-11,14-21,35,41,46-54,59,78,89H,2-3,6-9,12-13,22-34,36-37,71H2,1H3,(H2,72,90)(H2,73,95)(H,76,96)(H,79,91)(H,80,99)(H,81,101)(H,82,97)(H,83,103)(H,84,104)(H,85,98)(H,86,100)(H,87,102)(H,93,94)(H4,74,75,77)/t46-,47-,48-,49-,50-,51-,52+,53-,54-,59-/m0/s1. The maximum atomic E-state index is 15.3. The van der Waals surface area contributed by atoms with E-state index >= 15 is 14.4 Å². The Morgan fingerprint density at radius 2 is 1.26 bits per heavy atom. The molecule has 10 atom stereocenters. The van der Waals surface area contributed by atoms with Crippen LogP contribution in [0.5, 0.6) is 5.75 Å². The first-order valence-electron chi connectivity index (χ1n) is 35.1. The predicted octanol–water partition coefficient (Wildman–Crippen LogP) is -2.33. The van der Waals surface area contributed by atoms with E-state index in [1.807, 2.05) is 6.92 Å². The number of nitrogens with one attached hydrogen (secondary N) is 11. The van der Waals surface area contributed by atoms with Crippen LogP contribution in [0.4, 0.5) is 0 Å². The third kappa shape index (κ3) is 26.0. The molecule has 4 aromatic rings. The average molecular weight is 1510 g/mol. The van der Waals surface area contributed by atoms with Gasteiger partial charge in [-0.25, -0.2) is 0 Å². The van der Waals surface area contributed by atoms with E-state index < -0.39 is 182 Å². The smallest absolute Gasteiger partial charge is 0.303 e. The number of guanidine groups is 1. The third-order valence-electron chi connectivity index (χ3n) is 18.3. The summed E-state index contributed by atoms with van der Waals surface area (Å²) in [4.78, 5) is 206. The summed E-state index contributed by atoms with van der Waals surface area (Å²) in [5, 5.41) is 47.4. The van der Waals surface area contributed by atoms with Crippen molar-refractivity contribution in [2.24, 2.45) is 39.6 Å². The number of carbonyl (C=O) groups is 14. The molecule has 13 amide bonds. The van der Waals surface area contributed by atoms with E-state index in [0.717, 1.165) is 27.2 Å². The number of carboxylic acids is 1. The van der Waals surface area contributed by atoms with Gasteiger partial charge in [0, 0.05) is 99.7 Å². The molecule has 0 spiro atoms. The number of amides is 13. The van der Waals surface area contributed by atoms with E-state index in [2.05, 4.69) is 63.1 Å². The maximum Gasteiger partial charge on any atom is 0.303 e. The van der Waals surface area contributed by atoms with E-state index in [9.17, 15) is 63.0 Å². The van der Waals surface area contributed by atoms with Crippen LogP contribution >= 0.6 is 21.6 Å². The van der Waals surface area contributed by atoms with Crippen molar-refractivity contribution in [3.05, 3.63) is 101 Å². The molecule has 0 bridgehead atoms. The number of nitrogens with zero attached hydrogens (tertiary/aromatic N) is 2. The van der Waals surface area contributed by atoms with Crippen molar-refractivity contribution in [3.8, 4) is 5.75 Å². The number of likely N-dealkylation sites (tertiary alicyclic amines) is 1. The highest BCUT2D eigenvalue weighted by Gasteiger charge is 2.40. The quantitative estimate of drug-likeness (QED) is 0.0151. The van der Waals surface area contributed by atoms with Gasteiger partial charge in [0.25, 0.3) is 0 Å². The van der Waals surface area contributed by atoms with E-state index in [0.29, 0.717) is 59.7 Å². The van der Waals surface area contributed by atoms with Crippen molar-refractivity contribution in [1.82, 2.24) is 63.1 Å². The second-order valence-corrected chi connectivity index (χ2v) is 28.9. The monoisotopic (exact) mass is 1510 g/mol. The molecule has 1 aromatic heterocycles. The molecule has 36 heteroatoms. The number of aromatic hydroxyl groups is 1. The molecule has 2 saturated heterocycles. The number of nitrogens with two attached hydrogens (primary N) is 5. The second kappa shape index (κ2) is 41.3. The number of benzene rings is 3. The predicted molar refractivity (Wildman–Crippen MR) is 393 cm³/mol. The van der Waals surface area contributed by atoms with Crippen LogP contribution in [0.3, 0.4) is 0 Å². The van der Waals surface area contributed by atoms with Crippen molar-refractivity contribution in [1.29, 1.82) is 0 Å². The van der Waals surface area contributed by atoms with Crippen LogP contribution in [-0.4, -0.2) is 207 Å². The Kier molecular flexibility index (Phi) is 32.2. The molecule has 574 valence electrons. The van der Waals surface area contributed by atoms with Gasteiger partial charge in [-0.2, -0.15) is 0 Å². The molecule has 0 radical (unpaired) electrons. The number of aliphatic carboxylic acids is 1. The molecule has 0 unspecified atom stereocenters. The summed E-state index contributed by atoms with van der Waals surface area (Å²) in [5.74, 6) is -14.4. The van der Waals surface area contributed by atoms with Crippen molar-refractivity contribution in [2.45, 2.75) is 176 Å². The molecule has 2 aliphatic heterocycles. The highest BCUT2D eigenvalue weighted by atomic mass is 33.1. The van der Waals surface area contributed by atoms with Gasteiger partial charge < -0.3 is 102 Å². The minimum absolute atomic E-state index is 0.00756. The first-order chi connectivity index (χ1) is 50.7. The fraction of sp³-hybridized carbons (Fsp3) is 0.500. The lowest BCUT2D eigenvalue weighted by Gasteiger charge is -2.30. The summed E-state index contributed by atoms with van der Waals surface area (Å²) in [6.07, 6.45) is 1.10. The number of phenols is 1. The lowest BCUT2D eigenvalue weighted by Crippen LogP contribution is -2.61. The third-order valence-corrected chi connectivity index (χ3v) is 20.7. The Morgan fingerprint density at radius 1 is 0.651 bits per heavy atom. The summed E-state index contributed by atoms with van der Waals surface area (Å²) in [7, 11) is 1.77. The zero-order valence-corrected chi connectivity index (χ0v) is 60.5. The number of aromatic nitrogens is 1. The maximum absolute atomic E-state index is 15.3. The number of fused-ring (bicyclic) bond motifs is 1. The summed E-state index contributed by atoms with van der Waals surface area (Å²) in [5.41, 5.74) is 31.4. The Hall–Kier alpha value is -10.5. The molecule has 1 aliphatic carbocycles. The first-order valence-corrected chi connectivity index (χ1v) is 37.6. The Bertz CT molecular complexity index is 3820. The zero-order chi connectivity index (χ0) is 77.0. The fourth-order valence-corrected chi connectivity index (χ4v) is 14.9. The second-order valence-electron chi connectivity index (χ2n) is 26.4. The van der Waals surface area contributed by atoms with E-state index in [1.165, 1.54) is 29.2 Å². The number of carboxylic acid groups (broad SMARTS) is 1. The molecule has 34 nitrogen and oxygen atoms in total. The average Bonchev–Trinajstić information content (AvgIpc) is 1.65. The number of carbonyl (C=O) groups excluding carboxylic acids is 13. The number of primary amides is 2. The minimum Gasteiger partial charge on any atom is -0.508 e. The molecule has 7 rings (SSSR count).